The van der Waals surface area contributed by atoms with Crippen LogP contribution in [0.1, 0.15) is 13.8 Å². The van der Waals surface area contributed by atoms with Gasteiger partial charge in [0, 0.05) is 36.9 Å². The molecule has 1 aliphatic heterocycles. The lowest BCUT2D eigenvalue weighted by atomic mass is 10.1. The third kappa shape index (κ3) is 3.15. The maximum atomic E-state index is 13.1. The molecule has 8 heteroatoms. The molecule has 1 saturated heterocycles. The molecule has 0 amide bonds. The zero-order valence-corrected chi connectivity index (χ0v) is 15.9. The molecule has 1 aromatic heterocycles. The van der Waals surface area contributed by atoms with E-state index in [1.54, 1.807) is 6.07 Å². The van der Waals surface area contributed by atoms with Crippen LogP contribution in [-0.4, -0.2) is 42.9 Å². The quantitative estimate of drug-likeness (QED) is 0.746. The fourth-order valence-corrected chi connectivity index (χ4v) is 5.43. The number of oxazole rings is 1. The number of sulfonamides is 1. The number of hydrogen-bond donors (Lipinski definition) is 1. The van der Waals surface area contributed by atoms with Gasteiger partial charge in [-0.25, -0.2) is 13.2 Å². The molecule has 1 N–H and O–H groups in total. The Labute approximate surface area is 157 Å². The van der Waals surface area contributed by atoms with E-state index in [4.69, 9.17) is 4.42 Å². The van der Waals surface area contributed by atoms with E-state index < -0.39 is 15.8 Å². The van der Waals surface area contributed by atoms with Crippen LogP contribution in [0.15, 0.2) is 62.6 Å². The molecule has 2 aromatic carbocycles. The Morgan fingerprint density at radius 2 is 1.70 bits per heavy atom. The molecule has 2 atom stereocenters. The van der Waals surface area contributed by atoms with E-state index >= 15 is 0 Å². The Kier molecular flexibility index (Phi) is 4.32. The van der Waals surface area contributed by atoms with E-state index in [1.165, 1.54) is 16.4 Å². The summed E-state index contributed by atoms with van der Waals surface area (Å²) in [5.74, 6) is -0.599. The third-order valence-electron chi connectivity index (χ3n) is 4.97. The van der Waals surface area contributed by atoms with Crippen LogP contribution in [0.5, 0.6) is 0 Å². The van der Waals surface area contributed by atoms with Crippen LogP contribution in [0.25, 0.3) is 11.1 Å². The van der Waals surface area contributed by atoms with E-state index in [2.05, 4.69) is 9.88 Å². The van der Waals surface area contributed by atoms with E-state index in [1.807, 2.05) is 44.2 Å². The summed E-state index contributed by atoms with van der Waals surface area (Å²) in [6.45, 7) is 4.83. The Bertz CT molecular complexity index is 1110. The molecule has 2 heterocycles. The van der Waals surface area contributed by atoms with Gasteiger partial charge in [-0.05, 0) is 38.1 Å². The van der Waals surface area contributed by atoms with Gasteiger partial charge in [0.2, 0.25) is 10.0 Å². The molecule has 0 saturated carbocycles. The average Bonchev–Trinajstić information content (AvgIpc) is 3.01. The highest BCUT2D eigenvalue weighted by Gasteiger charge is 2.36. The smallest absolute Gasteiger partial charge is 0.408 e. The molecule has 0 aliphatic carbocycles. The molecule has 142 valence electrons. The van der Waals surface area contributed by atoms with Gasteiger partial charge >= 0.3 is 5.76 Å². The molecule has 7 nitrogen and oxygen atoms in total. The zero-order valence-electron chi connectivity index (χ0n) is 15.1. The Morgan fingerprint density at radius 3 is 2.37 bits per heavy atom. The summed E-state index contributed by atoms with van der Waals surface area (Å²) < 4.78 is 32.8. The monoisotopic (exact) mass is 387 g/mol. The Balaban J connectivity index is 1.63. The molecule has 0 spiro atoms. The first-order valence-electron chi connectivity index (χ1n) is 8.82. The van der Waals surface area contributed by atoms with Gasteiger partial charge in [-0.2, -0.15) is 4.31 Å². The van der Waals surface area contributed by atoms with Crippen molar-refractivity contribution >= 4 is 26.8 Å². The van der Waals surface area contributed by atoms with Crippen molar-refractivity contribution in [1.29, 1.82) is 0 Å². The number of H-pyrrole nitrogens is 1. The van der Waals surface area contributed by atoms with Crippen molar-refractivity contribution in [2.75, 3.05) is 18.0 Å². The van der Waals surface area contributed by atoms with Crippen LogP contribution in [-0.2, 0) is 10.0 Å². The molecule has 27 heavy (non-hydrogen) atoms. The molecule has 1 aliphatic rings. The van der Waals surface area contributed by atoms with Gasteiger partial charge < -0.3 is 9.32 Å². The fourth-order valence-electron chi connectivity index (χ4n) is 3.81. The Hall–Kier alpha value is -2.58. The summed E-state index contributed by atoms with van der Waals surface area (Å²) >= 11 is 0. The number of nitrogens with zero attached hydrogens (tertiary/aromatic N) is 2. The van der Waals surface area contributed by atoms with E-state index in [-0.39, 0.29) is 22.6 Å². The normalized spacial score (nSPS) is 21.6. The summed E-state index contributed by atoms with van der Waals surface area (Å²) in [6, 6.07) is 14.5. The zero-order chi connectivity index (χ0) is 19.2. The third-order valence-corrected chi connectivity index (χ3v) is 6.80. The summed E-state index contributed by atoms with van der Waals surface area (Å²) in [4.78, 5) is 16.2. The van der Waals surface area contributed by atoms with Crippen LogP contribution < -0.4 is 10.7 Å². The first-order chi connectivity index (χ1) is 12.9. The maximum Gasteiger partial charge on any atom is 0.417 e. The van der Waals surface area contributed by atoms with Crippen LogP contribution in [0, 0.1) is 0 Å². The predicted octanol–water partition coefficient (Wildman–Crippen LogP) is 2.41. The minimum atomic E-state index is -3.68. The lowest BCUT2D eigenvalue weighted by molar-refractivity contribution is 0.301. The van der Waals surface area contributed by atoms with Gasteiger partial charge in [-0.3, -0.25) is 4.98 Å². The second kappa shape index (κ2) is 6.54. The largest absolute Gasteiger partial charge is 0.417 e. The lowest BCUT2D eigenvalue weighted by Gasteiger charge is -2.45. The number of aromatic amines is 1. The standard InChI is InChI=1S/C19H21N3O4S/c1-13-11-21(12-14(2)22(13)15-6-4-3-5-7-15)27(24,25)16-8-9-17-18(10-16)26-19(23)20-17/h3-10,13-14H,11-12H2,1-2H3,(H,20,23). The minimum absolute atomic E-state index is 0.0276. The van der Waals surface area contributed by atoms with Gasteiger partial charge in [0.25, 0.3) is 0 Å². The number of aromatic nitrogens is 1. The highest BCUT2D eigenvalue weighted by molar-refractivity contribution is 7.89. The number of fused-ring (bicyclic) bond motifs is 1. The van der Waals surface area contributed by atoms with Gasteiger partial charge in [0.05, 0.1) is 10.4 Å². The van der Waals surface area contributed by atoms with Crippen LogP contribution in [0.3, 0.4) is 0 Å². The molecular formula is C19H21N3O4S. The highest BCUT2D eigenvalue weighted by Crippen LogP contribution is 2.28. The second-order valence-electron chi connectivity index (χ2n) is 6.94. The number of rotatable bonds is 3. The van der Waals surface area contributed by atoms with E-state index in [0.717, 1.165) is 5.69 Å². The highest BCUT2D eigenvalue weighted by atomic mass is 32.2. The van der Waals surface area contributed by atoms with Gasteiger partial charge in [0.15, 0.2) is 5.58 Å². The molecular weight excluding hydrogens is 366 g/mol. The minimum Gasteiger partial charge on any atom is -0.408 e. The van der Waals surface area contributed by atoms with Crippen molar-refractivity contribution in [1.82, 2.24) is 9.29 Å². The fraction of sp³-hybridized carbons (Fsp3) is 0.316. The molecule has 3 aromatic rings. The SMILES string of the molecule is CC1CN(S(=O)(=O)c2ccc3[nH]c(=O)oc3c2)CC(C)N1c1ccccc1. The van der Waals surface area contributed by atoms with Gasteiger partial charge in [-0.1, -0.05) is 18.2 Å². The van der Waals surface area contributed by atoms with Crippen LogP contribution in [0.2, 0.25) is 0 Å². The molecule has 4 rings (SSSR count). The average molecular weight is 387 g/mol. The molecule has 1 fully saturated rings. The molecule has 0 bridgehead atoms. The number of nitrogens with one attached hydrogen (secondary N) is 1. The number of anilines is 1. The predicted molar refractivity (Wildman–Crippen MR) is 103 cm³/mol. The number of benzene rings is 2. The van der Waals surface area contributed by atoms with E-state index in [9.17, 15) is 13.2 Å². The van der Waals surface area contributed by atoms with Crippen molar-refractivity contribution in [3.63, 3.8) is 0 Å². The summed E-state index contributed by atoms with van der Waals surface area (Å²) in [6.07, 6.45) is 0. The second-order valence-corrected chi connectivity index (χ2v) is 8.87. The number of piperazine rings is 1. The van der Waals surface area contributed by atoms with Crippen molar-refractivity contribution in [3.8, 4) is 0 Å². The Morgan fingerprint density at radius 1 is 1.04 bits per heavy atom. The summed E-state index contributed by atoms with van der Waals surface area (Å²) in [7, 11) is -3.68. The summed E-state index contributed by atoms with van der Waals surface area (Å²) in [5.41, 5.74) is 1.81. The van der Waals surface area contributed by atoms with Crippen molar-refractivity contribution < 1.29 is 12.8 Å². The van der Waals surface area contributed by atoms with Crippen LogP contribution >= 0.6 is 0 Å². The first kappa shape index (κ1) is 17.8. The van der Waals surface area contributed by atoms with E-state index in [0.29, 0.717) is 18.6 Å². The topological polar surface area (TPSA) is 86.6 Å². The van der Waals surface area contributed by atoms with Crippen molar-refractivity contribution in [2.45, 2.75) is 30.8 Å². The van der Waals surface area contributed by atoms with Crippen LogP contribution in [0.4, 0.5) is 5.69 Å². The number of para-hydroxylation sites is 1. The van der Waals surface area contributed by atoms with Gasteiger partial charge in [-0.15, -0.1) is 0 Å². The van der Waals surface area contributed by atoms with Crippen molar-refractivity contribution in [3.05, 3.63) is 59.1 Å². The molecule has 0 radical (unpaired) electrons. The first-order valence-corrected chi connectivity index (χ1v) is 10.3. The summed E-state index contributed by atoms with van der Waals surface area (Å²) in [5, 5.41) is 0. The van der Waals surface area contributed by atoms with Crippen molar-refractivity contribution in [2.24, 2.45) is 0 Å². The van der Waals surface area contributed by atoms with Gasteiger partial charge in [0.1, 0.15) is 0 Å². The number of hydrogen-bond acceptors (Lipinski definition) is 5. The maximum absolute atomic E-state index is 13.1. The molecule has 2 unspecified atom stereocenters. The lowest BCUT2D eigenvalue weighted by Crippen LogP contribution is -2.58.